The van der Waals surface area contributed by atoms with E-state index in [0.29, 0.717) is 11.1 Å². The Bertz CT molecular complexity index is 1970. The second kappa shape index (κ2) is 15.2. The molecule has 0 heterocycles. The van der Waals surface area contributed by atoms with Gasteiger partial charge in [-0.3, -0.25) is 9.59 Å². The molecule has 4 heteroatoms. The minimum atomic E-state index is 0.0883. The molecule has 6 rings (SSSR count). The lowest BCUT2D eigenvalue weighted by atomic mass is 9.82. The molecule has 262 valence electrons. The van der Waals surface area contributed by atoms with Crippen LogP contribution in [0.1, 0.15) is 86.2 Å². The first-order valence-electron chi connectivity index (χ1n) is 18.2. The zero-order valence-electron chi connectivity index (χ0n) is 31.1. The number of anilines is 6. The number of aldehydes is 2. The van der Waals surface area contributed by atoms with Crippen LogP contribution in [0.2, 0.25) is 0 Å². The van der Waals surface area contributed by atoms with Crippen molar-refractivity contribution in [2.75, 3.05) is 9.80 Å². The summed E-state index contributed by atoms with van der Waals surface area (Å²) < 4.78 is 0. The van der Waals surface area contributed by atoms with E-state index in [2.05, 4.69) is 148 Å². The van der Waals surface area contributed by atoms with Gasteiger partial charge in [-0.2, -0.15) is 0 Å². The van der Waals surface area contributed by atoms with E-state index in [1.807, 2.05) is 48.5 Å². The normalized spacial score (nSPS) is 11.6. The number of hydrogen-bond acceptors (Lipinski definition) is 4. The molecule has 0 saturated heterocycles. The minimum absolute atomic E-state index is 0.0883. The molecule has 0 fully saturated rings. The summed E-state index contributed by atoms with van der Waals surface area (Å²) in [4.78, 5) is 27.8. The van der Waals surface area contributed by atoms with Crippen molar-refractivity contribution in [3.8, 4) is 11.1 Å². The van der Waals surface area contributed by atoms with E-state index < -0.39 is 0 Å². The molecule has 0 aliphatic rings. The van der Waals surface area contributed by atoms with Crippen molar-refractivity contribution in [3.63, 3.8) is 0 Å². The predicted octanol–water partition coefficient (Wildman–Crippen LogP) is 13.3. The molecule has 0 aliphatic heterocycles. The maximum absolute atomic E-state index is 11.7. The highest BCUT2D eigenvalue weighted by molar-refractivity contribution is 5.85. The summed E-state index contributed by atoms with van der Waals surface area (Å²) in [6.07, 6.45) is 3.89. The van der Waals surface area contributed by atoms with Crippen LogP contribution in [-0.2, 0) is 10.8 Å². The number of rotatable bonds is 13. The monoisotopic (exact) mass is 684 g/mol. The van der Waals surface area contributed by atoms with E-state index in [9.17, 15) is 9.59 Å². The van der Waals surface area contributed by atoms with Crippen LogP contribution in [-0.4, -0.2) is 12.6 Å². The summed E-state index contributed by atoms with van der Waals surface area (Å²) in [6.45, 7) is 13.5. The van der Waals surface area contributed by atoms with Crippen LogP contribution in [0.15, 0.2) is 146 Å². The Morgan fingerprint density at radius 3 is 1.02 bits per heavy atom. The average Bonchev–Trinajstić information content (AvgIpc) is 3.19. The van der Waals surface area contributed by atoms with Crippen molar-refractivity contribution >= 4 is 46.7 Å². The minimum Gasteiger partial charge on any atom is -0.310 e. The number of benzene rings is 6. The number of nitrogens with zero attached hydrogens (tertiary/aromatic N) is 2. The first-order chi connectivity index (χ1) is 25.1. The van der Waals surface area contributed by atoms with Crippen molar-refractivity contribution in [2.45, 2.75) is 65.2 Å². The Morgan fingerprint density at radius 1 is 0.423 bits per heavy atom. The van der Waals surface area contributed by atoms with Gasteiger partial charge in [-0.1, -0.05) is 114 Å². The average molecular weight is 685 g/mol. The third kappa shape index (κ3) is 7.62. The summed E-state index contributed by atoms with van der Waals surface area (Å²) in [6, 6.07) is 50.1. The highest BCUT2D eigenvalue weighted by atomic mass is 16.1. The van der Waals surface area contributed by atoms with Gasteiger partial charge < -0.3 is 9.80 Å². The van der Waals surface area contributed by atoms with Crippen LogP contribution in [0, 0.1) is 0 Å². The SMILES string of the molecule is CCC(C)(C)c1ccc(N(c2ccc(-c3ccc(N(c4ccc(C(C)(C)CC)cc4)c4cccc(C=O)c4)cc3)cc2)c2cccc(C=O)c2)cc1. The molecule has 0 bridgehead atoms. The quantitative estimate of drug-likeness (QED) is 0.114. The Labute approximate surface area is 309 Å². The van der Waals surface area contributed by atoms with E-state index in [-0.39, 0.29) is 10.8 Å². The van der Waals surface area contributed by atoms with Crippen molar-refractivity contribution in [1.29, 1.82) is 0 Å². The van der Waals surface area contributed by atoms with E-state index in [4.69, 9.17) is 0 Å². The van der Waals surface area contributed by atoms with Crippen molar-refractivity contribution in [1.82, 2.24) is 0 Å². The summed E-state index contributed by atoms with van der Waals surface area (Å²) in [5.74, 6) is 0. The Kier molecular flexibility index (Phi) is 10.6. The van der Waals surface area contributed by atoms with E-state index in [1.165, 1.54) is 11.1 Å². The standard InChI is InChI=1S/C48H48N2O2/c1-7-47(3,4)39-19-27-43(28-20-39)49(45-13-9-11-35(31-45)33-51)41-23-15-37(16-24-41)38-17-25-42(26-18-38)50(46-14-10-12-36(32-46)34-52)44-29-21-40(22-30-44)48(5,6)8-2/h9-34H,7-8H2,1-6H3. The van der Waals surface area contributed by atoms with Crippen molar-refractivity contribution < 1.29 is 9.59 Å². The van der Waals surface area contributed by atoms with Gasteiger partial charge in [0, 0.05) is 45.3 Å². The Hall–Kier alpha value is -5.74. The fourth-order valence-corrected chi connectivity index (χ4v) is 6.51. The maximum Gasteiger partial charge on any atom is 0.150 e. The number of hydrogen-bond donors (Lipinski definition) is 0. The fourth-order valence-electron chi connectivity index (χ4n) is 6.51. The third-order valence-electron chi connectivity index (χ3n) is 10.7. The van der Waals surface area contributed by atoms with Gasteiger partial charge in [0.25, 0.3) is 0 Å². The lowest BCUT2D eigenvalue weighted by Gasteiger charge is -2.28. The molecule has 6 aromatic rings. The molecule has 0 aromatic heterocycles. The van der Waals surface area contributed by atoms with Crippen LogP contribution in [0.4, 0.5) is 34.1 Å². The first-order valence-corrected chi connectivity index (χ1v) is 18.2. The van der Waals surface area contributed by atoms with Crippen LogP contribution < -0.4 is 9.80 Å². The molecular weight excluding hydrogens is 637 g/mol. The predicted molar refractivity (Wildman–Crippen MR) is 219 cm³/mol. The van der Waals surface area contributed by atoms with Gasteiger partial charge in [-0.15, -0.1) is 0 Å². The van der Waals surface area contributed by atoms with Gasteiger partial charge in [0.05, 0.1) is 0 Å². The summed E-state index contributed by atoms with van der Waals surface area (Å²) in [5.41, 5.74) is 12.1. The highest BCUT2D eigenvalue weighted by Gasteiger charge is 2.21. The Balaban J connectivity index is 1.33. The van der Waals surface area contributed by atoms with Crippen LogP contribution in [0.3, 0.4) is 0 Å². The molecule has 0 atom stereocenters. The molecular formula is C48H48N2O2. The van der Waals surface area contributed by atoms with Crippen molar-refractivity contribution in [2.24, 2.45) is 0 Å². The van der Waals surface area contributed by atoms with E-state index in [0.717, 1.165) is 70.7 Å². The topological polar surface area (TPSA) is 40.6 Å². The zero-order chi connectivity index (χ0) is 36.9. The van der Waals surface area contributed by atoms with E-state index in [1.54, 1.807) is 0 Å². The fraction of sp³-hybridized carbons (Fsp3) is 0.208. The highest BCUT2D eigenvalue weighted by Crippen LogP contribution is 2.40. The van der Waals surface area contributed by atoms with Crippen LogP contribution in [0.5, 0.6) is 0 Å². The molecule has 0 N–H and O–H groups in total. The maximum atomic E-state index is 11.7. The van der Waals surface area contributed by atoms with Gasteiger partial charge in [-0.05, 0) is 119 Å². The molecule has 0 aliphatic carbocycles. The Morgan fingerprint density at radius 2 is 0.731 bits per heavy atom. The van der Waals surface area contributed by atoms with Gasteiger partial charge >= 0.3 is 0 Å². The molecule has 4 nitrogen and oxygen atoms in total. The molecule has 0 spiro atoms. The van der Waals surface area contributed by atoms with Crippen LogP contribution >= 0.6 is 0 Å². The second-order valence-electron chi connectivity index (χ2n) is 14.8. The molecule has 0 radical (unpaired) electrons. The molecule has 52 heavy (non-hydrogen) atoms. The van der Waals surface area contributed by atoms with Gasteiger partial charge in [0.15, 0.2) is 0 Å². The molecule has 0 unspecified atom stereocenters. The molecule has 0 amide bonds. The first kappa shape index (κ1) is 36.1. The zero-order valence-corrected chi connectivity index (χ0v) is 31.1. The van der Waals surface area contributed by atoms with E-state index >= 15 is 0 Å². The number of carbonyl (C=O) groups excluding carboxylic acids is 2. The lowest BCUT2D eigenvalue weighted by molar-refractivity contribution is 0.111. The van der Waals surface area contributed by atoms with Crippen molar-refractivity contribution in [3.05, 3.63) is 168 Å². The summed E-state index contributed by atoms with van der Waals surface area (Å²) in [5, 5.41) is 0. The third-order valence-corrected chi connectivity index (χ3v) is 10.7. The smallest absolute Gasteiger partial charge is 0.150 e. The van der Waals surface area contributed by atoms with Gasteiger partial charge in [0.1, 0.15) is 12.6 Å². The largest absolute Gasteiger partial charge is 0.310 e. The molecule has 6 aromatic carbocycles. The molecule has 0 saturated carbocycles. The lowest BCUT2D eigenvalue weighted by Crippen LogP contribution is -2.16. The summed E-state index contributed by atoms with van der Waals surface area (Å²) in [7, 11) is 0. The van der Waals surface area contributed by atoms with Gasteiger partial charge in [-0.25, -0.2) is 0 Å². The number of carbonyl (C=O) groups is 2. The second-order valence-corrected chi connectivity index (χ2v) is 14.8. The summed E-state index contributed by atoms with van der Waals surface area (Å²) >= 11 is 0. The van der Waals surface area contributed by atoms with Crippen LogP contribution in [0.25, 0.3) is 11.1 Å². The van der Waals surface area contributed by atoms with Gasteiger partial charge in [0.2, 0.25) is 0 Å².